The molecule has 1 rings (SSSR count). The van der Waals surface area contributed by atoms with Crippen LogP contribution in [0.25, 0.3) is 0 Å². The zero-order valence-corrected chi connectivity index (χ0v) is 9.16. The Bertz CT molecular complexity index is 360. The molecule has 1 aromatic rings. The fraction of sp³-hybridized carbons (Fsp3) is 0.300. The summed E-state index contributed by atoms with van der Waals surface area (Å²) in [7, 11) is 0. The standard InChI is InChI=1S/C10H11BrN2O/c11-8-2-1-7(6-14)9(5-8)10(13)3-4-12/h1-2,5,10,14H,3,6,13H2. The van der Waals surface area contributed by atoms with E-state index in [0.29, 0.717) is 0 Å². The number of nitrogens with two attached hydrogens (primary N) is 1. The van der Waals surface area contributed by atoms with Crippen LogP contribution in [0, 0.1) is 11.3 Å². The van der Waals surface area contributed by atoms with Gasteiger partial charge in [0.1, 0.15) is 0 Å². The van der Waals surface area contributed by atoms with E-state index in [2.05, 4.69) is 15.9 Å². The first kappa shape index (κ1) is 11.2. The smallest absolute Gasteiger partial charge is 0.0685 e. The van der Waals surface area contributed by atoms with E-state index >= 15 is 0 Å². The van der Waals surface area contributed by atoms with Crippen molar-refractivity contribution in [3.63, 3.8) is 0 Å². The molecule has 14 heavy (non-hydrogen) atoms. The van der Waals surface area contributed by atoms with E-state index in [0.717, 1.165) is 15.6 Å². The summed E-state index contributed by atoms with van der Waals surface area (Å²) in [5.74, 6) is 0. The van der Waals surface area contributed by atoms with Crippen molar-refractivity contribution in [2.24, 2.45) is 5.73 Å². The monoisotopic (exact) mass is 254 g/mol. The van der Waals surface area contributed by atoms with E-state index in [1.807, 2.05) is 18.2 Å². The van der Waals surface area contributed by atoms with Crippen LogP contribution < -0.4 is 5.73 Å². The number of nitriles is 1. The second-order valence-corrected chi connectivity index (χ2v) is 3.89. The lowest BCUT2D eigenvalue weighted by atomic mass is 10.00. The molecular formula is C10H11BrN2O. The van der Waals surface area contributed by atoms with Gasteiger partial charge in [0, 0.05) is 10.5 Å². The third-order valence-corrected chi connectivity index (χ3v) is 2.48. The van der Waals surface area contributed by atoms with Crippen LogP contribution in [-0.2, 0) is 6.61 Å². The van der Waals surface area contributed by atoms with Crippen LogP contribution in [0.15, 0.2) is 22.7 Å². The predicted octanol–water partition coefficient (Wildman–Crippen LogP) is 1.85. The van der Waals surface area contributed by atoms with Gasteiger partial charge in [0.15, 0.2) is 0 Å². The van der Waals surface area contributed by atoms with E-state index in [1.54, 1.807) is 6.07 Å². The highest BCUT2D eigenvalue weighted by Crippen LogP contribution is 2.23. The van der Waals surface area contributed by atoms with Gasteiger partial charge in [0.05, 0.1) is 19.1 Å². The Balaban J connectivity index is 3.04. The lowest BCUT2D eigenvalue weighted by molar-refractivity contribution is 0.280. The summed E-state index contributed by atoms with van der Waals surface area (Å²) in [5.41, 5.74) is 7.39. The van der Waals surface area contributed by atoms with Crippen molar-refractivity contribution < 1.29 is 5.11 Å². The molecule has 0 radical (unpaired) electrons. The summed E-state index contributed by atoms with van der Waals surface area (Å²) in [6, 6.07) is 7.17. The molecule has 0 aliphatic heterocycles. The Morgan fingerprint density at radius 3 is 2.86 bits per heavy atom. The summed E-state index contributed by atoms with van der Waals surface area (Å²) < 4.78 is 0.901. The van der Waals surface area contributed by atoms with Crippen molar-refractivity contribution in [2.45, 2.75) is 19.1 Å². The molecule has 0 saturated heterocycles. The Labute approximate surface area is 91.3 Å². The van der Waals surface area contributed by atoms with Gasteiger partial charge in [0.2, 0.25) is 0 Å². The Hall–Kier alpha value is -0.890. The van der Waals surface area contributed by atoms with Gasteiger partial charge in [-0.1, -0.05) is 22.0 Å². The van der Waals surface area contributed by atoms with E-state index in [4.69, 9.17) is 16.1 Å². The van der Waals surface area contributed by atoms with Gasteiger partial charge in [-0.05, 0) is 23.3 Å². The maximum absolute atomic E-state index is 9.07. The van der Waals surface area contributed by atoms with E-state index in [9.17, 15) is 0 Å². The zero-order chi connectivity index (χ0) is 10.6. The molecule has 0 aromatic heterocycles. The minimum absolute atomic E-state index is 0.0538. The molecule has 3 N–H and O–H groups in total. The van der Waals surface area contributed by atoms with Crippen molar-refractivity contribution in [1.82, 2.24) is 0 Å². The summed E-state index contributed by atoms with van der Waals surface area (Å²) in [5, 5.41) is 17.6. The molecule has 1 atom stereocenters. The molecule has 0 bridgehead atoms. The number of hydrogen-bond acceptors (Lipinski definition) is 3. The third kappa shape index (κ3) is 2.55. The number of rotatable bonds is 3. The van der Waals surface area contributed by atoms with Crippen LogP contribution >= 0.6 is 15.9 Å². The van der Waals surface area contributed by atoms with Gasteiger partial charge in [-0.25, -0.2) is 0 Å². The number of hydrogen-bond donors (Lipinski definition) is 2. The normalized spacial score (nSPS) is 12.1. The molecular weight excluding hydrogens is 244 g/mol. The van der Waals surface area contributed by atoms with Crippen molar-refractivity contribution in [3.05, 3.63) is 33.8 Å². The molecule has 1 aromatic carbocycles. The highest BCUT2D eigenvalue weighted by atomic mass is 79.9. The van der Waals surface area contributed by atoms with Crippen molar-refractivity contribution in [2.75, 3.05) is 0 Å². The zero-order valence-electron chi connectivity index (χ0n) is 7.57. The summed E-state index contributed by atoms with van der Waals surface area (Å²) >= 11 is 3.32. The van der Waals surface area contributed by atoms with Gasteiger partial charge in [-0.3, -0.25) is 0 Å². The molecule has 0 heterocycles. The van der Waals surface area contributed by atoms with Crippen LogP contribution in [-0.4, -0.2) is 5.11 Å². The van der Waals surface area contributed by atoms with Gasteiger partial charge in [0.25, 0.3) is 0 Å². The van der Waals surface area contributed by atoms with Gasteiger partial charge >= 0.3 is 0 Å². The van der Waals surface area contributed by atoms with Crippen LogP contribution in [0.3, 0.4) is 0 Å². The number of halogens is 1. The molecule has 0 aliphatic rings. The number of benzene rings is 1. The van der Waals surface area contributed by atoms with Crippen LogP contribution in [0.2, 0.25) is 0 Å². The molecule has 4 heteroatoms. The molecule has 3 nitrogen and oxygen atoms in total. The molecule has 0 spiro atoms. The van der Waals surface area contributed by atoms with Crippen LogP contribution in [0.5, 0.6) is 0 Å². The van der Waals surface area contributed by atoms with E-state index < -0.39 is 0 Å². The first-order valence-corrected chi connectivity index (χ1v) is 5.00. The molecule has 0 fully saturated rings. The van der Waals surface area contributed by atoms with Crippen LogP contribution in [0.1, 0.15) is 23.6 Å². The number of nitrogens with zero attached hydrogens (tertiary/aromatic N) is 1. The quantitative estimate of drug-likeness (QED) is 0.865. The maximum Gasteiger partial charge on any atom is 0.0685 e. The molecule has 0 saturated carbocycles. The minimum atomic E-state index is -0.334. The molecule has 0 amide bonds. The Morgan fingerprint density at radius 1 is 1.57 bits per heavy atom. The average molecular weight is 255 g/mol. The molecule has 0 aliphatic carbocycles. The predicted molar refractivity (Wildman–Crippen MR) is 57.2 cm³/mol. The minimum Gasteiger partial charge on any atom is -0.392 e. The topological polar surface area (TPSA) is 70.0 Å². The third-order valence-electron chi connectivity index (χ3n) is 1.99. The molecule has 1 unspecified atom stereocenters. The largest absolute Gasteiger partial charge is 0.392 e. The van der Waals surface area contributed by atoms with Gasteiger partial charge in [-0.2, -0.15) is 5.26 Å². The van der Waals surface area contributed by atoms with Crippen molar-refractivity contribution >= 4 is 15.9 Å². The van der Waals surface area contributed by atoms with Gasteiger partial charge < -0.3 is 10.8 Å². The highest BCUT2D eigenvalue weighted by Gasteiger charge is 2.10. The van der Waals surface area contributed by atoms with E-state index in [-0.39, 0.29) is 19.1 Å². The number of aliphatic hydroxyl groups excluding tert-OH is 1. The fourth-order valence-electron chi connectivity index (χ4n) is 1.26. The SMILES string of the molecule is N#CCC(N)c1cc(Br)ccc1CO. The van der Waals surface area contributed by atoms with Crippen LogP contribution in [0.4, 0.5) is 0 Å². The van der Waals surface area contributed by atoms with E-state index in [1.165, 1.54) is 0 Å². The number of aliphatic hydroxyl groups is 1. The lowest BCUT2D eigenvalue weighted by Crippen LogP contribution is -2.12. The lowest BCUT2D eigenvalue weighted by Gasteiger charge is -2.12. The molecule has 74 valence electrons. The fourth-order valence-corrected chi connectivity index (χ4v) is 1.64. The summed E-state index contributed by atoms with van der Waals surface area (Å²) in [6.45, 7) is -0.0538. The second kappa shape index (κ2) is 5.11. The first-order valence-electron chi connectivity index (χ1n) is 4.20. The van der Waals surface area contributed by atoms with Gasteiger partial charge in [-0.15, -0.1) is 0 Å². The summed E-state index contributed by atoms with van der Waals surface area (Å²) in [4.78, 5) is 0. The average Bonchev–Trinajstić information content (AvgIpc) is 2.18. The summed E-state index contributed by atoms with van der Waals surface area (Å²) in [6.07, 6.45) is 0.253. The highest BCUT2D eigenvalue weighted by molar-refractivity contribution is 9.10. The second-order valence-electron chi connectivity index (χ2n) is 2.97. The Morgan fingerprint density at radius 2 is 2.29 bits per heavy atom. The Kier molecular flexibility index (Phi) is 4.08. The first-order chi connectivity index (χ1) is 6.69. The van der Waals surface area contributed by atoms with Crippen molar-refractivity contribution in [1.29, 1.82) is 5.26 Å². The van der Waals surface area contributed by atoms with Crippen molar-refractivity contribution in [3.8, 4) is 6.07 Å². The maximum atomic E-state index is 9.07.